The molecule has 5 nitrogen and oxygen atoms in total. The molecule has 0 radical (unpaired) electrons. The summed E-state index contributed by atoms with van der Waals surface area (Å²) in [5, 5.41) is 7.64. The van der Waals surface area contributed by atoms with E-state index in [2.05, 4.69) is 52.0 Å². The Hall–Kier alpha value is -3.05. The monoisotopic (exact) mass is 434 g/mol. The van der Waals surface area contributed by atoms with Gasteiger partial charge in [-0.1, -0.05) is 54.1 Å². The Bertz CT molecular complexity index is 1120. The van der Waals surface area contributed by atoms with E-state index in [0.29, 0.717) is 13.1 Å². The van der Waals surface area contributed by atoms with Crippen molar-refractivity contribution in [2.75, 3.05) is 13.6 Å². The number of hydrogen-bond donors (Lipinski definition) is 2. The maximum Gasteiger partial charge on any atom is 0.250 e. The van der Waals surface area contributed by atoms with Gasteiger partial charge in [-0.3, -0.25) is 9.79 Å². The van der Waals surface area contributed by atoms with Crippen LogP contribution in [-0.4, -0.2) is 24.1 Å². The lowest BCUT2D eigenvalue weighted by Crippen LogP contribution is -2.40. The Labute approximate surface area is 187 Å². The molecule has 1 fully saturated rings. The number of halogens is 1. The fourth-order valence-electron chi connectivity index (χ4n) is 3.75. The van der Waals surface area contributed by atoms with Gasteiger partial charge in [0.25, 0.3) is 5.56 Å². The summed E-state index contributed by atoms with van der Waals surface area (Å²) in [6.45, 7) is 2.08. The van der Waals surface area contributed by atoms with Crippen molar-refractivity contribution in [1.82, 2.24) is 15.2 Å². The summed E-state index contributed by atoms with van der Waals surface area (Å²) < 4.78 is 1.70. The van der Waals surface area contributed by atoms with Crippen LogP contribution in [0.3, 0.4) is 0 Å². The van der Waals surface area contributed by atoms with Crippen LogP contribution in [0.5, 0.6) is 0 Å². The highest BCUT2D eigenvalue weighted by molar-refractivity contribution is 6.30. The van der Waals surface area contributed by atoms with Crippen molar-refractivity contribution in [3.8, 4) is 0 Å². The predicted molar refractivity (Wildman–Crippen MR) is 127 cm³/mol. The Morgan fingerprint density at radius 3 is 2.48 bits per heavy atom. The molecule has 1 saturated carbocycles. The fourth-order valence-corrected chi connectivity index (χ4v) is 3.94. The highest BCUT2D eigenvalue weighted by Gasteiger charge is 2.44. The highest BCUT2D eigenvalue weighted by atomic mass is 35.5. The van der Waals surface area contributed by atoms with E-state index in [1.807, 2.05) is 24.4 Å². The molecule has 0 unspecified atom stereocenters. The SMILES string of the molecule is CN=C(NCc1ccc(Cn2ccccc2=O)cc1)NCC1(c2cccc(Cl)c2)CC1. The number of aliphatic imine (C=N–C) groups is 1. The van der Waals surface area contributed by atoms with Crippen molar-refractivity contribution in [3.63, 3.8) is 0 Å². The number of hydrogen-bond acceptors (Lipinski definition) is 2. The van der Waals surface area contributed by atoms with Crippen LogP contribution in [0.15, 0.2) is 82.7 Å². The van der Waals surface area contributed by atoms with Crippen LogP contribution < -0.4 is 16.2 Å². The third-order valence-corrected chi connectivity index (χ3v) is 6.08. The van der Waals surface area contributed by atoms with Gasteiger partial charge >= 0.3 is 0 Å². The molecule has 2 aromatic carbocycles. The summed E-state index contributed by atoms with van der Waals surface area (Å²) in [4.78, 5) is 16.2. The van der Waals surface area contributed by atoms with Crippen molar-refractivity contribution in [1.29, 1.82) is 0 Å². The quantitative estimate of drug-likeness (QED) is 0.437. The molecule has 0 atom stereocenters. The number of aromatic nitrogens is 1. The van der Waals surface area contributed by atoms with Crippen molar-refractivity contribution in [3.05, 3.63) is 105 Å². The Balaban J connectivity index is 1.30. The van der Waals surface area contributed by atoms with Crippen molar-refractivity contribution >= 4 is 17.6 Å². The summed E-state index contributed by atoms with van der Waals surface area (Å²) in [5.74, 6) is 0.785. The number of guanidine groups is 1. The second kappa shape index (κ2) is 9.40. The maximum absolute atomic E-state index is 11.9. The van der Waals surface area contributed by atoms with Crippen LogP contribution in [0.25, 0.3) is 0 Å². The molecule has 1 aromatic heterocycles. The smallest absolute Gasteiger partial charge is 0.250 e. The third-order valence-electron chi connectivity index (χ3n) is 5.84. The maximum atomic E-state index is 11.9. The fraction of sp³-hybridized carbons (Fsp3) is 0.280. The highest BCUT2D eigenvalue weighted by Crippen LogP contribution is 2.48. The molecule has 1 heterocycles. The molecule has 2 N–H and O–H groups in total. The van der Waals surface area contributed by atoms with Crippen molar-refractivity contribution in [2.45, 2.75) is 31.3 Å². The van der Waals surface area contributed by atoms with E-state index in [-0.39, 0.29) is 11.0 Å². The van der Waals surface area contributed by atoms with Crippen LogP contribution in [0.4, 0.5) is 0 Å². The first-order chi connectivity index (χ1) is 15.1. The molecule has 4 rings (SSSR count). The summed E-state index contributed by atoms with van der Waals surface area (Å²) in [6, 6.07) is 21.6. The first kappa shape index (κ1) is 21.2. The topological polar surface area (TPSA) is 58.4 Å². The van der Waals surface area contributed by atoms with Crippen LogP contribution in [0.2, 0.25) is 5.02 Å². The van der Waals surface area contributed by atoms with E-state index in [0.717, 1.165) is 41.5 Å². The molecule has 1 aliphatic carbocycles. The number of rotatable bonds is 7. The summed E-state index contributed by atoms with van der Waals surface area (Å²) in [6.07, 6.45) is 4.12. The lowest BCUT2D eigenvalue weighted by atomic mass is 9.96. The first-order valence-electron chi connectivity index (χ1n) is 10.5. The number of nitrogens with zero attached hydrogens (tertiary/aromatic N) is 2. The molecule has 0 spiro atoms. The molecular formula is C25H27ClN4O. The minimum Gasteiger partial charge on any atom is -0.356 e. The van der Waals surface area contributed by atoms with Gasteiger partial charge in [-0.15, -0.1) is 0 Å². The zero-order valence-electron chi connectivity index (χ0n) is 17.6. The van der Waals surface area contributed by atoms with E-state index in [1.54, 1.807) is 23.7 Å². The van der Waals surface area contributed by atoms with E-state index in [4.69, 9.17) is 11.6 Å². The summed E-state index contributed by atoms with van der Waals surface area (Å²) in [5.41, 5.74) is 3.70. The molecule has 0 bridgehead atoms. The minimum absolute atomic E-state index is 0.00863. The molecule has 3 aromatic rings. The van der Waals surface area contributed by atoms with Crippen LogP contribution in [-0.2, 0) is 18.5 Å². The normalized spacial score (nSPS) is 14.8. The van der Waals surface area contributed by atoms with Gasteiger partial charge in [-0.05, 0) is 47.7 Å². The van der Waals surface area contributed by atoms with E-state index < -0.39 is 0 Å². The first-order valence-corrected chi connectivity index (χ1v) is 10.9. The van der Waals surface area contributed by atoms with E-state index in [9.17, 15) is 4.79 Å². The Kier molecular flexibility index (Phi) is 6.42. The van der Waals surface area contributed by atoms with E-state index >= 15 is 0 Å². The van der Waals surface area contributed by atoms with Gasteiger partial charge in [0, 0.05) is 42.8 Å². The van der Waals surface area contributed by atoms with Crippen molar-refractivity contribution in [2.24, 2.45) is 4.99 Å². The number of benzene rings is 2. The number of pyridine rings is 1. The van der Waals surface area contributed by atoms with Gasteiger partial charge in [0.1, 0.15) is 0 Å². The van der Waals surface area contributed by atoms with Gasteiger partial charge < -0.3 is 15.2 Å². The molecular weight excluding hydrogens is 408 g/mol. The van der Waals surface area contributed by atoms with Gasteiger partial charge in [0.05, 0.1) is 6.54 Å². The van der Waals surface area contributed by atoms with E-state index in [1.165, 1.54) is 5.56 Å². The average molecular weight is 435 g/mol. The second-order valence-electron chi connectivity index (χ2n) is 8.05. The number of nitrogens with one attached hydrogen (secondary N) is 2. The predicted octanol–water partition coefficient (Wildman–Crippen LogP) is 3.95. The van der Waals surface area contributed by atoms with Crippen LogP contribution in [0.1, 0.15) is 29.5 Å². The molecule has 0 saturated heterocycles. The molecule has 31 heavy (non-hydrogen) atoms. The lowest BCUT2D eigenvalue weighted by Gasteiger charge is -2.19. The van der Waals surface area contributed by atoms with Crippen molar-refractivity contribution < 1.29 is 0 Å². The van der Waals surface area contributed by atoms with Gasteiger partial charge in [0.15, 0.2) is 5.96 Å². The van der Waals surface area contributed by atoms with Gasteiger partial charge in [0.2, 0.25) is 0 Å². The Morgan fingerprint density at radius 2 is 1.81 bits per heavy atom. The summed E-state index contributed by atoms with van der Waals surface area (Å²) >= 11 is 6.18. The zero-order valence-corrected chi connectivity index (χ0v) is 18.4. The molecule has 0 amide bonds. The van der Waals surface area contributed by atoms with Gasteiger partial charge in [-0.25, -0.2) is 0 Å². The molecule has 1 aliphatic rings. The molecule has 160 valence electrons. The van der Waals surface area contributed by atoms with Crippen LogP contribution in [0, 0.1) is 0 Å². The standard InChI is InChI=1S/C25H27ClN4O/c1-27-24(29-18-25(12-13-25)21-5-4-6-22(26)15-21)28-16-19-8-10-20(11-9-19)17-30-14-3-2-7-23(30)31/h2-11,14-15H,12-13,16-18H2,1H3,(H2,27,28,29). The lowest BCUT2D eigenvalue weighted by molar-refractivity contribution is 0.645. The largest absolute Gasteiger partial charge is 0.356 e. The second-order valence-corrected chi connectivity index (χ2v) is 8.49. The Morgan fingerprint density at radius 1 is 1.03 bits per heavy atom. The van der Waals surface area contributed by atoms with Gasteiger partial charge in [-0.2, -0.15) is 0 Å². The van der Waals surface area contributed by atoms with Crippen LogP contribution >= 0.6 is 11.6 Å². The molecule has 0 aliphatic heterocycles. The molecule has 6 heteroatoms. The third kappa shape index (κ3) is 5.36. The zero-order chi connectivity index (χ0) is 21.7. The average Bonchev–Trinajstić information content (AvgIpc) is 3.58. The minimum atomic E-state index is 0.00863. The summed E-state index contributed by atoms with van der Waals surface area (Å²) in [7, 11) is 1.79.